The maximum absolute atomic E-state index is 12.9. The Hall–Kier alpha value is -2.38. The molecule has 134 valence electrons. The lowest BCUT2D eigenvalue weighted by molar-refractivity contribution is -0.128. The lowest BCUT2D eigenvalue weighted by atomic mass is 10.1. The molecule has 2 aromatic rings. The summed E-state index contributed by atoms with van der Waals surface area (Å²) in [6.45, 7) is 0.554. The summed E-state index contributed by atoms with van der Waals surface area (Å²) >= 11 is 7.37. The van der Waals surface area contributed by atoms with Gasteiger partial charge in [0.15, 0.2) is 0 Å². The molecule has 2 aliphatic heterocycles. The molecular weight excluding hydrogens is 376 g/mol. The van der Waals surface area contributed by atoms with Crippen LogP contribution in [0, 0.1) is 0 Å². The van der Waals surface area contributed by atoms with Gasteiger partial charge in [-0.25, -0.2) is 4.79 Å². The van der Waals surface area contributed by atoms with Crippen molar-refractivity contribution in [3.05, 3.63) is 50.7 Å². The molecule has 1 aromatic carbocycles. The van der Waals surface area contributed by atoms with Crippen molar-refractivity contribution >= 4 is 46.2 Å². The minimum atomic E-state index is -0.642. The first kappa shape index (κ1) is 17.1. The number of thiophene rings is 1. The van der Waals surface area contributed by atoms with Crippen molar-refractivity contribution in [2.24, 2.45) is 5.16 Å². The molecule has 0 unspecified atom stereocenters. The van der Waals surface area contributed by atoms with Crippen LogP contribution in [0.3, 0.4) is 0 Å². The van der Waals surface area contributed by atoms with Gasteiger partial charge in [0.1, 0.15) is 5.71 Å². The molecule has 0 saturated carbocycles. The third kappa shape index (κ3) is 2.97. The number of hydrogen-bond donors (Lipinski definition) is 0. The molecule has 0 saturated heterocycles. The van der Waals surface area contributed by atoms with E-state index in [9.17, 15) is 9.59 Å². The molecule has 1 amide bonds. The second kappa shape index (κ2) is 6.74. The number of nitrogens with zero attached hydrogens (tertiary/aromatic N) is 2. The molecule has 0 aliphatic carbocycles. The minimum absolute atomic E-state index is 0.129. The standard InChI is InChI=1S/C18H15ClN2O4S/c1-24-18(23)11-2-3-13-10(8-11)6-7-21(13)17(22)14-9-12(20-25-14)15-4-5-16(19)26-15/h2-5,8,14H,6-7,9H2,1H3/t14-/m0/s1. The first-order chi connectivity index (χ1) is 12.6. The molecule has 1 atom stereocenters. The van der Waals surface area contributed by atoms with Crippen LogP contribution in [0.5, 0.6) is 0 Å². The van der Waals surface area contributed by atoms with Crippen LogP contribution < -0.4 is 4.90 Å². The number of esters is 1. The minimum Gasteiger partial charge on any atom is -0.465 e. The first-order valence-electron chi connectivity index (χ1n) is 8.08. The predicted molar refractivity (Wildman–Crippen MR) is 99.2 cm³/mol. The van der Waals surface area contributed by atoms with Crippen molar-refractivity contribution in [2.45, 2.75) is 18.9 Å². The summed E-state index contributed by atoms with van der Waals surface area (Å²) in [6, 6.07) is 8.90. The summed E-state index contributed by atoms with van der Waals surface area (Å²) in [6.07, 6.45) is 0.464. The highest BCUT2D eigenvalue weighted by molar-refractivity contribution is 7.18. The molecule has 3 heterocycles. The number of benzene rings is 1. The van der Waals surface area contributed by atoms with Gasteiger partial charge in [-0.1, -0.05) is 16.8 Å². The number of anilines is 1. The molecule has 0 bridgehead atoms. The number of ether oxygens (including phenoxy) is 1. The normalized spacial score (nSPS) is 18.3. The van der Waals surface area contributed by atoms with Crippen molar-refractivity contribution < 1.29 is 19.2 Å². The topological polar surface area (TPSA) is 68.2 Å². The van der Waals surface area contributed by atoms with Crippen LogP contribution in [-0.2, 0) is 20.8 Å². The molecule has 26 heavy (non-hydrogen) atoms. The van der Waals surface area contributed by atoms with E-state index in [4.69, 9.17) is 21.2 Å². The molecule has 8 heteroatoms. The summed E-state index contributed by atoms with van der Waals surface area (Å²) in [7, 11) is 1.35. The van der Waals surface area contributed by atoms with Crippen LogP contribution in [0.2, 0.25) is 4.34 Å². The van der Waals surface area contributed by atoms with Gasteiger partial charge >= 0.3 is 5.97 Å². The fourth-order valence-corrected chi connectivity index (χ4v) is 4.21. The van der Waals surface area contributed by atoms with E-state index in [1.807, 2.05) is 6.07 Å². The third-order valence-corrected chi connectivity index (χ3v) is 5.74. The summed E-state index contributed by atoms with van der Waals surface area (Å²) in [5.41, 5.74) is 2.97. The van der Waals surface area contributed by atoms with E-state index in [-0.39, 0.29) is 11.9 Å². The zero-order valence-electron chi connectivity index (χ0n) is 13.9. The van der Waals surface area contributed by atoms with Gasteiger partial charge in [0.05, 0.1) is 21.9 Å². The fourth-order valence-electron chi connectivity index (χ4n) is 3.17. The Morgan fingerprint density at radius 1 is 1.35 bits per heavy atom. The van der Waals surface area contributed by atoms with E-state index < -0.39 is 6.10 Å². The van der Waals surface area contributed by atoms with E-state index in [0.717, 1.165) is 21.8 Å². The molecule has 6 nitrogen and oxygen atoms in total. The summed E-state index contributed by atoms with van der Waals surface area (Å²) in [5, 5.41) is 4.06. The number of halogens is 1. The maximum atomic E-state index is 12.9. The first-order valence-corrected chi connectivity index (χ1v) is 9.27. The second-order valence-corrected chi connectivity index (χ2v) is 7.73. The molecule has 4 rings (SSSR count). The monoisotopic (exact) mass is 390 g/mol. The van der Waals surface area contributed by atoms with Gasteiger partial charge < -0.3 is 14.5 Å². The highest BCUT2D eigenvalue weighted by Gasteiger charge is 2.36. The van der Waals surface area contributed by atoms with Crippen LogP contribution in [-0.4, -0.2) is 37.3 Å². The Morgan fingerprint density at radius 2 is 2.19 bits per heavy atom. The van der Waals surface area contributed by atoms with Crippen molar-refractivity contribution in [1.29, 1.82) is 0 Å². The highest BCUT2D eigenvalue weighted by Crippen LogP contribution is 2.32. The summed E-state index contributed by atoms with van der Waals surface area (Å²) < 4.78 is 5.42. The Morgan fingerprint density at radius 3 is 2.92 bits per heavy atom. The Bertz CT molecular complexity index is 924. The number of amides is 1. The number of oxime groups is 1. The zero-order valence-corrected chi connectivity index (χ0v) is 15.5. The van der Waals surface area contributed by atoms with Crippen LogP contribution >= 0.6 is 22.9 Å². The van der Waals surface area contributed by atoms with Gasteiger partial charge in [-0.05, 0) is 42.3 Å². The van der Waals surface area contributed by atoms with E-state index in [2.05, 4.69) is 5.16 Å². The molecule has 0 N–H and O–H groups in total. The van der Waals surface area contributed by atoms with E-state index >= 15 is 0 Å². The number of hydrogen-bond acceptors (Lipinski definition) is 6. The van der Waals surface area contributed by atoms with Crippen molar-refractivity contribution in [3.63, 3.8) is 0 Å². The van der Waals surface area contributed by atoms with Gasteiger partial charge in [0.2, 0.25) is 6.10 Å². The lowest BCUT2D eigenvalue weighted by Gasteiger charge is -2.20. The second-order valence-electron chi connectivity index (χ2n) is 6.01. The molecule has 2 aliphatic rings. The maximum Gasteiger partial charge on any atom is 0.337 e. The van der Waals surface area contributed by atoms with Crippen molar-refractivity contribution in [2.75, 3.05) is 18.6 Å². The van der Waals surface area contributed by atoms with Crippen LogP contribution in [0.25, 0.3) is 0 Å². The van der Waals surface area contributed by atoms with Gasteiger partial charge in [0.25, 0.3) is 5.91 Å². The number of methoxy groups -OCH3 is 1. The van der Waals surface area contributed by atoms with Gasteiger partial charge in [-0.15, -0.1) is 11.3 Å². The highest BCUT2D eigenvalue weighted by atomic mass is 35.5. The van der Waals surface area contributed by atoms with Crippen LogP contribution in [0.15, 0.2) is 35.5 Å². The van der Waals surface area contributed by atoms with Crippen molar-refractivity contribution in [3.8, 4) is 0 Å². The van der Waals surface area contributed by atoms with E-state index in [1.165, 1.54) is 18.4 Å². The van der Waals surface area contributed by atoms with Crippen molar-refractivity contribution in [1.82, 2.24) is 0 Å². The summed E-state index contributed by atoms with van der Waals surface area (Å²) in [4.78, 5) is 32.5. The average Bonchev–Trinajstić information content (AvgIpc) is 3.38. The summed E-state index contributed by atoms with van der Waals surface area (Å²) in [5.74, 6) is -0.514. The van der Waals surface area contributed by atoms with Gasteiger partial charge in [-0.2, -0.15) is 0 Å². The number of carbonyl (C=O) groups excluding carboxylic acids is 2. The molecular formula is C18H15ClN2O4S. The van der Waals surface area contributed by atoms with Gasteiger partial charge in [-0.3, -0.25) is 4.79 Å². The number of rotatable bonds is 3. The molecule has 0 spiro atoms. The lowest BCUT2D eigenvalue weighted by Crippen LogP contribution is -2.38. The van der Waals surface area contributed by atoms with Gasteiger partial charge in [0, 0.05) is 18.7 Å². The Kier molecular flexibility index (Phi) is 4.42. The average molecular weight is 391 g/mol. The van der Waals surface area contributed by atoms with E-state index in [1.54, 1.807) is 29.2 Å². The SMILES string of the molecule is COC(=O)c1ccc2c(c1)CCN2C(=O)[C@@H]1CC(c2ccc(Cl)s2)=NO1. The quantitative estimate of drug-likeness (QED) is 0.754. The zero-order chi connectivity index (χ0) is 18.3. The Labute approximate surface area is 158 Å². The largest absolute Gasteiger partial charge is 0.465 e. The molecule has 1 aromatic heterocycles. The Balaban J connectivity index is 1.49. The number of fused-ring (bicyclic) bond motifs is 1. The predicted octanol–water partition coefficient (Wildman–Crippen LogP) is 3.27. The smallest absolute Gasteiger partial charge is 0.337 e. The third-order valence-electron chi connectivity index (χ3n) is 4.46. The fraction of sp³-hybridized carbons (Fsp3) is 0.278. The molecule has 0 radical (unpaired) electrons. The van der Waals surface area contributed by atoms with Crippen LogP contribution in [0.4, 0.5) is 5.69 Å². The number of carbonyl (C=O) groups is 2. The molecule has 0 fully saturated rings. The van der Waals surface area contributed by atoms with E-state index in [0.29, 0.717) is 29.3 Å². The van der Waals surface area contributed by atoms with Crippen LogP contribution in [0.1, 0.15) is 27.2 Å².